The monoisotopic (exact) mass is 213 g/mol. The molecule has 0 fully saturated rings. The summed E-state index contributed by atoms with van der Waals surface area (Å²) in [4.78, 5) is 0. The Labute approximate surface area is 90.2 Å². The smallest absolute Gasteiger partial charge is 0.120 e. The Balaban J connectivity index is 2.78. The second kappa shape index (κ2) is 5.23. The summed E-state index contributed by atoms with van der Waals surface area (Å²) in [6.45, 7) is 2.13. The zero-order valence-electron chi connectivity index (χ0n) is 8.80. The highest BCUT2D eigenvalue weighted by Crippen LogP contribution is 2.23. The van der Waals surface area contributed by atoms with Crippen LogP contribution in [0.4, 0.5) is 0 Å². The van der Waals surface area contributed by atoms with Crippen LogP contribution in [-0.4, -0.2) is 20.2 Å². The van der Waals surface area contributed by atoms with Crippen LogP contribution in [0.1, 0.15) is 12.5 Å². The van der Waals surface area contributed by atoms with E-state index in [1.165, 1.54) is 0 Å². The normalized spacial score (nSPS) is 12.6. The number of halogens is 1. The van der Waals surface area contributed by atoms with E-state index in [1.54, 1.807) is 7.11 Å². The van der Waals surface area contributed by atoms with Crippen LogP contribution in [0.2, 0.25) is 5.02 Å². The summed E-state index contributed by atoms with van der Waals surface area (Å²) in [6.07, 6.45) is 0.930. The van der Waals surface area contributed by atoms with Gasteiger partial charge in [-0.1, -0.05) is 17.7 Å². The molecule has 0 aliphatic heterocycles. The van der Waals surface area contributed by atoms with Crippen molar-refractivity contribution >= 4 is 11.6 Å². The number of rotatable bonds is 4. The van der Waals surface area contributed by atoms with Gasteiger partial charge in [-0.25, -0.2) is 0 Å². The Bertz CT molecular complexity index is 301. The molecule has 0 spiro atoms. The predicted octanol–water partition coefficient (Wildman–Crippen LogP) is 2.50. The average molecular weight is 214 g/mol. The van der Waals surface area contributed by atoms with Gasteiger partial charge >= 0.3 is 0 Å². The number of benzene rings is 1. The van der Waals surface area contributed by atoms with E-state index in [9.17, 15) is 0 Å². The highest BCUT2D eigenvalue weighted by molar-refractivity contribution is 6.31. The molecule has 0 amide bonds. The topological polar surface area (TPSA) is 21.3 Å². The molecule has 2 nitrogen and oxygen atoms in total. The zero-order chi connectivity index (χ0) is 10.6. The molecule has 1 unspecified atom stereocenters. The van der Waals surface area contributed by atoms with Crippen molar-refractivity contribution in [2.75, 3.05) is 14.2 Å². The molecule has 1 aromatic rings. The van der Waals surface area contributed by atoms with E-state index in [2.05, 4.69) is 12.2 Å². The third-order valence-electron chi connectivity index (χ3n) is 2.28. The van der Waals surface area contributed by atoms with Crippen molar-refractivity contribution in [3.05, 3.63) is 28.8 Å². The molecule has 1 N–H and O–H groups in total. The van der Waals surface area contributed by atoms with Crippen LogP contribution in [0.15, 0.2) is 18.2 Å². The number of hydrogen-bond acceptors (Lipinski definition) is 2. The molecule has 0 aliphatic rings. The fraction of sp³-hybridized carbons (Fsp3) is 0.455. The highest BCUT2D eigenvalue weighted by atomic mass is 35.5. The largest absolute Gasteiger partial charge is 0.497 e. The predicted molar refractivity (Wildman–Crippen MR) is 60.2 cm³/mol. The molecule has 0 heterocycles. The molecule has 78 valence electrons. The molecule has 0 saturated heterocycles. The molecule has 14 heavy (non-hydrogen) atoms. The summed E-state index contributed by atoms with van der Waals surface area (Å²) in [5.74, 6) is 0.802. The lowest BCUT2D eigenvalue weighted by atomic mass is 10.1. The summed E-state index contributed by atoms with van der Waals surface area (Å²) in [6, 6.07) is 6.22. The molecular formula is C11H16ClNO. The Hall–Kier alpha value is -0.730. The summed E-state index contributed by atoms with van der Waals surface area (Å²) in [5.41, 5.74) is 1.15. The zero-order valence-corrected chi connectivity index (χ0v) is 9.56. The maximum atomic E-state index is 6.10. The maximum absolute atomic E-state index is 6.10. The van der Waals surface area contributed by atoms with Crippen LogP contribution in [-0.2, 0) is 6.42 Å². The number of likely N-dealkylation sites (N-methyl/N-ethyl adjacent to an activating group) is 1. The van der Waals surface area contributed by atoms with Gasteiger partial charge in [0.25, 0.3) is 0 Å². The average Bonchev–Trinajstić information content (AvgIpc) is 2.20. The third-order valence-corrected chi connectivity index (χ3v) is 2.63. The van der Waals surface area contributed by atoms with Crippen LogP contribution in [0, 0.1) is 0 Å². The van der Waals surface area contributed by atoms with Gasteiger partial charge in [0, 0.05) is 11.1 Å². The van der Waals surface area contributed by atoms with Crippen LogP contribution in [0.25, 0.3) is 0 Å². The summed E-state index contributed by atoms with van der Waals surface area (Å²) in [5, 5.41) is 3.95. The van der Waals surface area contributed by atoms with Gasteiger partial charge in [0.1, 0.15) is 5.75 Å². The molecule has 1 rings (SSSR count). The van der Waals surface area contributed by atoms with E-state index in [-0.39, 0.29) is 0 Å². The Morgan fingerprint density at radius 3 is 2.71 bits per heavy atom. The SMILES string of the molecule is CNC(C)Cc1ccc(OC)cc1Cl. The highest BCUT2D eigenvalue weighted by Gasteiger charge is 2.05. The first-order valence-electron chi connectivity index (χ1n) is 4.67. The second-order valence-corrected chi connectivity index (χ2v) is 3.76. The third kappa shape index (κ3) is 2.89. The second-order valence-electron chi connectivity index (χ2n) is 3.35. The lowest BCUT2D eigenvalue weighted by Crippen LogP contribution is -2.23. The molecule has 0 saturated carbocycles. The molecule has 3 heteroatoms. The van der Waals surface area contributed by atoms with Crippen LogP contribution in [0.5, 0.6) is 5.75 Å². The van der Waals surface area contributed by atoms with Gasteiger partial charge in [-0.3, -0.25) is 0 Å². The minimum atomic E-state index is 0.431. The van der Waals surface area contributed by atoms with Crippen LogP contribution >= 0.6 is 11.6 Å². The maximum Gasteiger partial charge on any atom is 0.120 e. The molecule has 1 atom stereocenters. The van der Waals surface area contributed by atoms with Crippen LogP contribution < -0.4 is 10.1 Å². The van der Waals surface area contributed by atoms with E-state index >= 15 is 0 Å². The van der Waals surface area contributed by atoms with Gasteiger partial charge < -0.3 is 10.1 Å². The quantitative estimate of drug-likeness (QED) is 0.830. The van der Waals surface area contributed by atoms with Crippen molar-refractivity contribution in [3.8, 4) is 5.75 Å². The first kappa shape index (κ1) is 11.3. The lowest BCUT2D eigenvalue weighted by Gasteiger charge is -2.11. The van der Waals surface area contributed by atoms with Crippen molar-refractivity contribution in [1.29, 1.82) is 0 Å². The van der Waals surface area contributed by atoms with Crippen LogP contribution in [0.3, 0.4) is 0 Å². The summed E-state index contributed by atoms with van der Waals surface area (Å²) < 4.78 is 5.08. The first-order valence-corrected chi connectivity index (χ1v) is 5.05. The van der Waals surface area contributed by atoms with E-state index in [4.69, 9.17) is 16.3 Å². The fourth-order valence-corrected chi connectivity index (χ4v) is 1.50. The molecular weight excluding hydrogens is 198 g/mol. The molecule has 0 aromatic heterocycles. The van der Waals surface area contributed by atoms with E-state index in [0.29, 0.717) is 6.04 Å². The van der Waals surface area contributed by atoms with Crippen molar-refractivity contribution in [2.45, 2.75) is 19.4 Å². The van der Waals surface area contributed by atoms with Gasteiger partial charge in [-0.2, -0.15) is 0 Å². The van der Waals surface area contributed by atoms with Gasteiger partial charge in [-0.15, -0.1) is 0 Å². The molecule has 1 aromatic carbocycles. The number of ether oxygens (including phenoxy) is 1. The van der Waals surface area contributed by atoms with Gasteiger partial charge in [0.05, 0.1) is 7.11 Å². The van der Waals surface area contributed by atoms with Crippen molar-refractivity contribution in [1.82, 2.24) is 5.32 Å². The van der Waals surface area contributed by atoms with E-state index in [1.807, 2.05) is 25.2 Å². The van der Waals surface area contributed by atoms with E-state index in [0.717, 1.165) is 22.8 Å². The van der Waals surface area contributed by atoms with Gasteiger partial charge in [0.2, 0.25) is 0 Å². The minimum absolute atomic E-state index is 0.431. The first-order chi connectivity index (χ1) is 6.67. The number of hydrogen-bond donors (Lipinski definition) is 1. The Kier molecular flexibility index (Phi) is 4.23. The van der Waals surface area contributed by atoms with Crippen molar-refractivity contribution < 1.29 is 4.74 Å². The van der Waals surface area contributed by atoms with Crippen molar-refractivity contribution in [2.24, 2.45) is 0 Å². The molecule has 0 aliphatic carbocycles. The van der Waals surface area contributed by atoms with Gasteiger partial charge in [-0.05, 0) is 38.1 Å². The van der Waals surface area contributed by atoms with Gasteiger partial charge in [0.15, 0.2) is 0 Å². The fourth-order valence-electron chi connectivity index (χ4n) is 1.25. The molecule has 0 radical (unpaired) electrons. The Morgan fingerprint density at radius 2 is 2.21 bits per heavy atom. The van der Waals surface area contributed by atoms with E-state index < -0.39 is 0 Å². The number of methoxy groups -OCH3 is 1. The standard InChI is InChI=1S/C11H16ClNO/c1-8(13-2)6-9-4-5-10(14-3)7-11(9)12/h4-5,7-8,13H,6H2,1-3H3. The number of nitrogens with one attached hydrogen (secondary N) is 1. The summed E-state index contributed by atoms with van der Waals surface area (Å²) in [7, 11) is 3.59. The Morgan fingerprint density at radius 1 is 1.50 bits per heavy atom. The molecule has 0 bridgehead atoms. The minimum Gasteiger partial charge on any atom is -0.497 e. The lowest BCUT2D eigenvalue weighted by molar-refractivity contribution is 0.414. The van der Waals surface area contributed by atoms with Crippen molar-refractivity contribution in [3.63, 3.8) is 0 Å². The summed E-state index contributed by atoms with van der Waals surface area (Å²) >= 11 is 6.10.